The van der Waals surface area contributed by atoms with Crippen LogP contribution in [0.2, 0.25) is 0 Å². The highest BCUT2D eigenvalue weighted by atomic mass is 127. The maximum absolute atomic E-state index is 3.77. The van der Waals surface area contributed by atoms with Crippen molar-refractivity contribution in [2.75, 3.05) is 0 Å². The number of hydrogen-bond acceptors (Lipinski definition) is 0. The first kappa shape index (κ1) is 15.5. The molecule has 2 heteroatoms. The predicted octanol–water partition coefficient (Wildman–Crippen LogP) is 6.30. The van der Waals surface area contributed by atoms with E-state index in [1.54, 1.807) is 5.57 Å². The van der Waals surface area contributed by atoms with E-state index in [1.807, 2.05) is 6.08 Å². The van der Waals surface area contributed by atoms with E-state index in [0.29, 0.717) is 0 Å². The maximum Gasteiger partial charge on any atom is 0.0413 e. The van der Waals surface area contributed by atoms with Crippen LogP contribution in [0, 0.1) is 5.41 Å². The lowest BCUT2D eigenvalue weighted by atomic mass is 9.77. The topological polar surface area (TPSA) is 0 Å². The van der Waals surface area contributed by atoms with Gasteiger partial charge in [-0.15, -0.1) is 0 Å². The Hall–Kier alpha value is 0.160. The first-order chi connectivity index (χ1) is 8.76. The van der Waals surface area contributed by atoms with Crippen LogP contribution in [0.3, 0.4) is 0 Å². The number of allylic oxidation sites excluding steroid dienone is 9. The molecule has 2 aliphatic carbocycles. The molecule has 0 fully saturated rings. The molecule has 0 bridgehead atoms. The Morgan fingerprint density at radius 2 is 2.05 bits per heavy atom. The van der Waals surface area contributed by atoms with Crippen molar-refractivity contribution in [3.05, 3.63) is 57.3 Å². The molecule has 0 nitrogen and oxygen atoms in total. The zero-order valence-corrected chi connectivity index (χ0v) is 16.1. The van der Waals surface area contributed by atoms with Gasteiger partial charge in [-0.3, -0.25) is 0 Å². The molecule has 0 N–H and O–H groups in total. The molecule has 0 aliphatic heterocycles. The fourth-order valence-electron chi connectivity index (χ4n) is 2.86. The molecule has 19 heavy (non-hydrogen) atoms. The molecule has 0 spiro atoms. The molecule has 0 aromatic rings. The lowest BCUT2D eigenvalue weighted by molar-refractivity contribution is 0.520. The average molecular weight is 478 g/mol. The van der Waals surface area contributed by atoms with Gasteiger partial charge in [0, 0.05) is 12.4 Å². The highest BCUT2D eigenvalue weighted by Gasteiger charge is 2.40. The van der Waals surface area contributed by atoms with Gasteiger partial charge in [-0.2, -0.15) is 0 Å². The summed E-state index contributed by atoms with van der Waals surface area (Å²) >= 11 is 4.95. The van der Waals surface area contributed by atoms with Gasteiger partial charge in [0.05, 0.1) is 0 Å². The summed E-state index contributed by atoms with van der Waals surface area (Å²) in [6.07, 6.45) is 13.2. The Morgan fingerprint density at radius 3 is 2.68 bits per heavy atom. The Bertz CT molecular complexity index is 525. The van der Waals surface area contributed by atoms with Crippen molar-refractivity contribution >= 4 is 45.2 Å². The number of halogens is 2. The predicted molar refractivity (Wildman–Crippen MR) is 102 cm³/mol. The average Bonchev–Trinajstić information content (AvgIpc) is 2.51. The first-order valence-corrected chi connectivity index (χ1v) is 8.72. The normalized spacial score (nSPS) is 31.8. The molecule has 0 amide bonds. The Balaban J connectivity index is 2.36. The van der Waals surface area contributed by atoms with E-state index in [2.05, 4.69) is 96.8 Å². The van der Waals surface area contributed by atoms with Gasteiger partial charge in [0.25, 0.3) is 0 Å². The van der Waals surface area contributed by atoms with E-state index in [9.17, 15) is 0 Å². The summed E-state index contributed by atoms with van der Waals surface area (Å²) in [6, 6.07) is 0. The molecule has 0 heterocycles. The minimum absolute atomic E-state index is 0.192. The van der Waals surface area contributed by atoms with E-state index >= 15 is 0 Å². The first-order valence-electron chi connectivity index (χ1n) is 6.56. The maximum atomic E-state index is 3.77. The van der Waals surface area contributed by atoms with Crippen molar-refractivity contribution in [1.29, 1.82) is 0 Å². The molecule has 102 valence electrons. The van der Waals surface area contributed by atoms with E-state index in [4.69, 9.17) is 0 Å². The second kappa shape index (κ2) is 5.51. The summed E-state index contributed by atoms with van der Waals surface area (Å²) in [6.45, 7) is 10.8. The molecular weight excluding hydrogens is 458 g/mol. The fourth-order valence-corrected chi connectivity index (χ4v) is 4.05. The largest absolute Gasteiger partial charge is 0.0990 e. The standard InChI is InChI=1S/C17H20I2/c1-5-6-14(18)10-13-9-12-7-8-17(4,19)11-15(12)16(13,2)3/h5-8,10H,1,9,11H2,2-4H3/b13-10+,14-6+/t17-/m1/s1. The zero-order valence-electron chi connectivity index (χ0n) is 11.8. The molecule has 0 aromatic carbocycles. The van der Waals surface area contributed by atoms with Gasteiger partial charge in [0.1, 0.15) is 0 Å². The van der Waals surface area contributed by atoms with Gasteiger partial charge in [-0.25, -0.2) is 0 Å². The Morgan fingerprint density at radius 1 is 1.37 bits per heavy atom. The number of hydrogen-bond donors (Lipinski definition) is 0. The minimum atomic E-state index is 0.192. The van der Waals surface area contributed by atoms with Gasteiger partial charge in [0.2, 0.25) is 0 Å². The van der Waals surface area contributed by atoms with Crippen molar-refractivity contribution in [2.24, 2.45) is 5.41 Å². The summed E-state index contributed by atoms with van der Waals surface area (Å²) in [5.41, 5.74) is 4.88. The van der Waals surface area contributed by atoms with Crippen molar-refractivity contribution in [2.45, 2.75) is 37.0 Å². The highest BCUT2D eigenvalue weighted by Crippen LogP contribution is 2.53. The molecule has 2 aliphatic rings. The third kappa shape index (κ3) is 3.26. The number of alkyl halides is 1. The zero-order chi connectivity index (χ0) is 14.3. The third-order valence-electron chi connectivity index (χ3n) is 4.07. The van der Waals surface area contributed by atoms with Crippen LogP contribution in [0.15, 0.2) is 57.3 Å². The van der Waals surface area contributed by atoms with Gasteiger partial charge in [0.15, 0.2) is 0 Å². The molecule has 0 unspecified atom stereocenters. The van der Waals surface area contributed by atoms with E-state index < -0.39 is 0 Å². The summed E-state index contributed by atoms with van der Waals surface area (Å²) < 4.78 is 1.53. The van der Waals surface area contributed by atoms with Crippen molar-refractivity contribution in [1.82, 2.24) is 0 Å². The number of rotatable bonds is 2. The Kier molecular flexibility index (Phi) is 4.51. The van der Waals surface area contributed by atoms with Crippen LogP contribution in [-0.2, 0) is 0 Å². The third-order valence-corrected chi connectivity index (χ3v) is 5.48. The Labute approximate surface area is 144 Å². The van der Waals surface area contributed by atoms with Gasteiger partial charge in [-0.05, 0) is 60.1 Å². The SMILES string of the molecule is C=C/C=C(I)\C=C1/CC2=C(C[C@](C)(I)C=C2)C1(C)C. The molecular formula is C17H20I2. The second-order valence-electron chi connectivity index (χ2n) is 6.05. The van der Waals surface area contributed by atoms with E-state index in [0.717, 1.165) is 6.42 Å². The molecule has 0 saturated heterocycles. The van der Waals surface area contributed by atoms with Crippen molar-refractivity contribution in [3.63, 3.8) is 0 Å². The minimum Gasteiger partial charge on any atom is -0.0990 e. The van der Waals surface area contributed by atoms with Crippen LogP contribution in [0.1, 0.15) is 33.6 Å². The monoisotopic (exact) mass is 478 g/mol. The molecule has 1 atom stereocenters. The van der Waals surface area contributed by atoms with Gasteiger partial charge < -0.3 is 0 Å². The van der Waals surface area contributed by atoms with E-state index in [-0.39, 0.29) is 8.84 Å². The lowest BCUT2D eigenvalue weighted by Gasteiger charge is -2.31. The van der Waals surface area contributed by atoms with Crippen LogP contribution in [0.4, 0.5) is 0 Å². The second-order valence-corrected chi connectivity index (χ2v) is 9.76. The van der Waals surface area contributed by atoms with Crippen LogP contribution in [0.25, 0.3) is 0 Å². The van der Waals surface area contributed by atoms with Crippen LogP contribution in [-0.4, -0.2) is 3.42 Å². The summed E-state index contributed by atoms with van der Waals surface area (Å²) in [7, 11) is 0. The van der Waals surface area contributed by atoms with Crippen molar-refractivity contribution < 1.29 is 0 Å². The van der Waals surface area contributed by atoms with Crippen LogP contribution < -0.4 is 0 Å². The molecule has 0 radical (unpaired) electrons. The van der Waals surface area contributed by atoms with Gasteiger partial charge in [-0.1, -0.05) is 72.4 Å². The summed E-state index contributed by atoms with van der Waals surface area (Å²) in [5.74, 6) is 0. The van der Waals surface area contributed by atoms with Gasteiger partial charge >= 0.3 is 0 Å². The molecule has 0 aromatic heterocycles. The summed E-state index contributed by atoms with van der Waals surface area (Å²) in [4.78, 5) is 0. The van der Waals surface area contributed by atoms with Crippen LogP contribution >= 0.6 is 45.2 Å². The van der Waals surface area contributed by atoms with Crippen molar-refractivity contribution in [3.8, 4) is 0 Å². The quantitative estimate of drug-likeness (QED) is 0.249. The summed E-state index contributed by atoms with van der Waals surface area (Å²) in [5, 5.41) is 0. The smallest absolute Gasteiger partial charge is 0.0413 e. The lowest BCUT2D eigenvalue weighted by Crippen LogP contribution is -2.22. The molecule has 2 rings (SSSR count). The fraction of sp³-hybridized carbons (Fsp3) is 0.412. The van der Waals surface area contributed by atoms with E-state index in [1.165, 1.54) is 21.1 Å². The highest BCUT2D eigenvalue weighted by molar-refractivity contribution is 14.1. The van der Waals surface area contributed by atoms with Crippen LogP contribution in [0.5, 0.6) is 0 Å². The molecule has 0 saturated carbocycles.